The van der Waals surface area contributed by atoms with Crippen molar-refractivity contribution in [2.24, 2.45) is 0 Å². The van der Waals surface area contributed by atoms with Crippen LogP contribution in [-0.4, -0.2) is 23.7 Å². The minimum Gasteiger partial charge on any atom is -0.383 e. The second-order valence-electron chi connectivity index (χ2n) is 5.58. The SMILES string of the molecule is CCCNC(c1cc(C)cnc1N)C(CC)(CC)OCC. The number of hydrogen-bond donors (Lipinski definition) is 2. The van der Waals surface area contributed by atoms with Gasteiger partial charge in [-0.25, -0.2) is 4.98 Å². The van der Waals surface area contributed by atoms with E-state index in [1.54, 1.807) is 0 Å². The van der Waals surface area contributed by atoms with E-state index >= 15 is 0 Å². The molecule has 21 heavy (non-hydrogen) atoms. The van der Waals surface area contributed by atoms with Gasteiger partial charge in [0.1, 0.15) is 5.82 Å². The summed E-state index contributed by atoms with van der Waals surface area (Å²) in [5.41, 5.74) is 8.10. The fraction of sp³-hybridized carbons (Fsp3) is 0.706. The number of aromatic nitrogens is 1. The number of ether oxygens (including phenoxy) is 1. The van der Waals surface area contributed by atoms with Crippen molar-refractivity contribution in [3.63, 3.8) is 0 Å². The Kier molecular flexibility index (Phi) is 7.12. The first-order valence-corrected chi connectivity index (χ1v) is 8.13. The highest BCUT2D eigenvalue weighted by Gasteiger charge is 2.38. The predicted molar refractivity (Wildman–Crippen MR) is 89.4 cm³/mol. The zero-order valence-electron chi connectivity index (χ0n) is 14.2. The van der Waals surface area contributed by atoms with Crippen LogP contribution in [0.2, 0.25) is 0 Å². The molecule has 0 radical (unpaired) electrons. The van der Waals surface area contributed by atoms with Crippen molar-refractivity contribution in [3.05, 3.63) is 23.4 Å². The highest BCUT2D eigenvalue weighted by Crippen LogP contribution is 2.37. The maximum absolute atomic E-state index is 6.19. The Morgan fingerprint density at radius 2 is 1.95 bits per heavy atom. The van der Waals surface area contributed by atoms with E-state index < -0.39 is 0 Å². The minimum atomic E-state index is -0.243. The zero-order valence-corrected chi connectivity index (χ0v) is 14.2. The topological polar surface area (TPSA) is 60.2 Å². The van der Waals surface area contributed by atoms with Crippen LogP contribution in [0.3, 0.4) is 0 Å². The van der Waals surface area contributed by atoms with Crippen molar-refractivity contribution < 1.29 is 4.74 Å². The Morgan fingerprint density at radius 3 is 2.48 bits per heavy atom. The summed E-state index contributed by atoms with van der Waals surface area (Å²) < 4.78 is 6.19. The lowest BCUT2D eigenvalue weighted by molar-refractivity contribution is -0.0731. The Bertz CT molecular complexity index is 430. The number of nitrogens with one attached hydrogen (secondary N) is 1. The van der Waals surface area contributed by atoms with E-state index in [0.717, 1.165) is 36.9 Å². The Balaban J connectivity index is 3.28. The molecule has 1 unspecified atom stereocenters. The molecule has 1 aromatic heterocycles. The number of hydrogen-bond acceptors (Lipinski definition) is 4. The largest absolute Gasteiger partial charge is 0.383 e. The van der Waals surface area contributed by atoms with E-state index in [4.69, 9.17) is 10.5 Å². The van der Waals surface area contributed by atoms with Gasteiger partial charge in [0.25, 0.3) is 0 Å². The van der Waals surface area contributed by atoms with Crippen molar-refractivity contribution in [1.82, 2.24) is 10.3 Å². The molecule has 0 aliphatic rings. The van der Waals surface area contributed by atoms with Crippen molar-refractivity contribution in [2.45, 2.75) is 65.5 Å². The van der Waals surface area contributed by atoms with E-state index in [-0.39, 0.29) is 11.6 Å². The van der Waals surface area contributed by atoms with Gasteiger partial charge in [-0.1, -0.05) is 20.8 Å². The van der Waals surface area contributed by atoms with E-state index in [2.05, 4.69) is 44.1 Å². The summed E-state index contributed by atoms with van der Waals surface area (Å²) in [6, 6.07) is 2.20. The van der Waals surface area contributed by atoms with Gasteiger partial charge in [0.2, 0.25) is 0 Å². The Hall–Kier alpha value is -1.13. The number of nitrogen functional groups attached to an aromatic ring is 1. The van der Waals surface area contributed by atoms with Crippen molar-refractivity contribution in [1.29, 1.82) is 0 Å². The molecule has 0 spiro atoms. The van der Waals surface area contributed by atoms with Crippen LogP contribution in [0.1, 0.15) is 64.1 Å². The number of pyridine rings is 1. The monoisotopic (exact) mass is 293 g/mol. The number of nitrogens with zero attached hydrogens (tertiary/aromatic N) is 1. The molecular formula is C17H31N3O. The van der Waals surface area contributed by atoms with E-state index in [0.29, 0.717) is 12.4 Å². The second kappa shape index (κ2) is 8.35. The van der Waals surface area contributed by atoms with Gasteiger partial charge in [-0.15, -0.1) is 0 Å². The molecule has 1 atom stereocenters. The van der Waals surface area contributed by atoms with E-state index in [1.165, 1.54) is 0 Å². The van der Waals surface area contributed by atoms with Crippen molar-refractivity contribution >= 4 is 5.82 Å². The highest BCUT2D eigenvalue weighted by atomic mass is 16.5. The predicted octanol–water partition coefficient (Wildman–Crippen LogP) is 3.61. The van der Waals surface area contributed by atoms with Crippen LogP contribution >= 0.6 is 0 Å². The van der Waals surface area contributed by atoms with Gasteiger partial charge in [-0.2, -0.15) is 0 Å². The third-order valence-corrected chi connectivity index (χ3v) is 4.15. The van der Waals surface area contributed by atoms with Gasteiger partial charge < -0.3 is 15.8 Å². The molecule has 0 aliphatic heterocycles. The van der Waals surface area contributed by atoms with Gasteiger partial charge in [-0.3, -0.25) is 0 Å². The molecule has 1 rings (SSSR count). The normalized spacial score (nSPS) is 13.4. The minimum absolute atomic E-state index is 0.0693. The standard InChI is InChI=1S/C17H31N3O/c1-6-10-19-15(17(7-2,8-3)21-9-4)14-11-13(5)12-20-16(14)18/h11-12,15,19H,6-10H2,1-5H3,(H2,18,20). The summed E-state index contributed by atoms with van der Waals surface area (Å²) in [6.45, 7) is 12.3. The lowest BCUT2D eigenvalue weighted by Crippen LogP contribution is -2.46. The summed E-state index contributed by atoms with van der Waals surface area (Å²) in [7, 11) is 0. The highest BCUT2D eigenvalue weighted by molar-refractivity contribution is 5.44. The van der Waals surface area contributed by atoms with Crippen LogP contribution in [0.25, 0.3) is 0 Å². The lowest BCUT2D eigenvalue weighted by Gasteiger charge is -2.40. The lowest BCUT2D eigenvalue weighted by atomic mass is 9.83. The summed E-state index contributed by atoms with van der Waals surface area (Å²) in [6.07, 6.45) is 4.76. The Morgan fingerprint density at radius 1 is 1.29 bits per heavy atom. The number of aryl methyl sites for hydroxylation is 1. The molecule has 0 saturated heterocycles. The second-order valence-corrected chi connectivity index (χ2v) is 5.58. The molecule has 4 heteroatoms. The Labute approximate surface area is 129 Å². The van der Waals surface area contributed by atoms with E-state index in [9.17, 15) is 0 Å². The van der Waals surface area contributed by atoms with Gasteiger partial charge in [0.05, 0.1) is 11.6 Å². The first-order valence-electron chi connectivity index (χ1n) is 8.13. The molecule has 1 aromatic rings. The maximum atomic E-state index is 6.19. The first-order chi connectivity index (χ1) is 10.0. The van der Waals surface area contributed by atoms with Crippen LogP contribution in [0, 0.1) is 6.92 Å². The molecule has 4 nitrogen and oxygen atoms in total. The number of rotatable bonds is 9. The van der Waals surface area contributed by atoms with Crippen molar-refractivity contribution in [2.75, 3.05) is 18.9 Å². The van der Waals surface area contributed by atoms with Gasteiger partial charge in [0.15, 0.2) is 0 Å². The van der Waals surface area contributed by atoms with Gasteiger partial charge in [-0.05, 0) is 51.3 Å². The molecular weight excluding hydrogens is 262 g/mol. The van der Waals surface area contributed by atoms with Crippen LogP contribution in [0.5, 0.6) is 0 Å². The molecule has 0 saturated carbocycles. The van der Waals surface area contributed by atoms with Crippen molar-refractivity contribution in [3.8, 4) is 0 Å². The molecule has 120 valence electrons. The first kappa shape index (κ1) is 17.9. The third-order valence-electron chi connectivity index (χ3n) is 4.15. The zero-order chi connectivity index (χ0) is 15.9. The smallest absolute Gasteiger partial charge is 0.128 e. The van der Waals surface area contributed by atoms with Crippen LogP contribution in [0.4, 0.5) is 5.82 Å². The quantitative estimate of drug-likeness (QED) is 0.730. The van der Waals surface area contributed by atoms with Crippen LogP contribution < -0.4 is 11.1 Å². The van der Waals surface area contributed by atoms with Gasteiger partial charge >= 0.3 is 0 Å². The van der Waals surface area contributed by atoms with E-state index in [1.807, 2.05) is 13.1 Å². The van der Waals surface area contributed by atoms with Gasteiger partial charge in [0, 0.05) is 18.4 Å². The summed E-state index contributed by atoms with van der Waals surface area (Å²) in [5.74, 6) is 0.597. The fourth-order valence-corrected chi connectivity index (χ4v) is 2.93. The summed E-state index contributed by atoms with van der Waals surface area (Å²) in [4.78, 5) is 4.33. The number of nitrogens with two attached hydrogens (primary N) is 1. The molecule has 0 fully saturated rings. The molecule has 1 heterocycles. The molecule has 0 aliphatic carbocycles. The molecule has 0 amide bonds. The molecule has 3 N–H and O–H groups in total. The molecule has 0 bridgehead atoms. The van der Waals surface area contributed by atoms with Crippen LogP contribution in [0.15, 0.2) is 12.3 Å². The maximum Gasteiger partial charge on any atom is 0.128 e. The molecule has 0 aromatic carbocycles. The fourth-order valence-electron chi connectivity index (χ4n) is 2.93. The summed E-state index contributed by atoms with van der Waals surface area (Å²) in [5, 5.41) is 3.64. The van der Waals surface area contributed by atoms with Crippen LogP contribution in [-0.2, 0) is 4.74 Å². The summed E-state index contributed by atoms with van der Waals surface area (Å²) >= 11 is 0. The average Bonchev–Trinajstić information content (AvgIpc) is 2.49. The third kappa shape index (κ3) is 4.17. The average molecular weight is 293 g/mol. The number of anilines is 1.